The summed E-state index contributed by atoms with van der Waals surface area (Å²) in [4.78, 5) is 0. The van der Waals surface area contributed by atoms with E-state index in [0.29, 0.717) is 6.54 Å². The van der Waals surface area contributed by atoms with E-state index < -0.39 is 0 Å². The van der Waals surface area contributed by atoms with Crippen molar-refractivity contribution in [3.8, 4) is 11.7 Å². The molecular weight excluding hydrogens is 125 g/mol. The number of rotatable bonds is 3. The molecule has 0 aromatic heterocycles. The highest BCUT2D eigenvalue weighted by Crippen LogP contribution is 1.91. The second-order valence-corrected chi connectivity index (χ2v) is 1.87. The summed E-state index contributed by atoms with van der Waals surface area (Å²) in [6.07, 6.45) is 0.954. The lowest BCUT2D eigenvalue weighted by Crippen LogP contribution is -2.16. The fourth-order valence-electron chi connectivity index (χ4n) is 0.563. The van der Waals surface area contributed by atoms with E-state index in [4.69, 9.17) is 10.5 Å². The fourth-order valence-corrected chi connectivity index (χ4v) is 0.563. The Bertz CT molecular complexity index is 123. The number of ether oxygens (including phenoxy) is 1. The third-order valence-electron chi connectivity index (χ3n) is 1.18. The Morgan fingerprint density at radius 3 is 2.80 bits per heavy atom. The van der Waals surface area contributed by atoms with Gasteiger partial charge < -0.3 is 10.5 Å². The van der Waals surface area contributed by atoms with Crippen LogP contribution >= 0.6 is 0 Å². The Labute approximate surface area is 63.4 Å². The first-order valence-corrected chi connectivity index (χ1v) is 3.39. The van der Waals surface area contributed by atoms with Crippen LogP contribution in [0, 0.1) is 11.7 Å². The van der Waals surface area contributed by atoms with Crippen LogP contribution < -0.4 is 5.73 Å². The monoisotopic (exact) mass is 138 g/mol. The van der Waals surface area contributed by atoms with Gasteiger partial charge in [0, 0.05) is 13.1 Å². The number of methoxy groups -OCH3 is 1. The molecule has 0 fully saturated rings. The molecule has 0 unspecified atom stereocenters. The van der Waals surface area contributed by atoms with Gasteiger partial charge in [-0.2, -0.15) is 5.82 Å². The van der Waals surface area contributed by atoms with Crippen LogP contribution in [0.4, 0.5) is 0 Å². The van der Waals surface area contributed by atoms with Gasteiger partial charge in [-0.05, 0) is 6.42 Å². The minimum atomic E-state index is 0.152. The average Bonchev–Trinajstić information content (AvgIpc) is 1.99. The average molecular weight is 138 g/mol. The van der Waals surface area contributed by atoms with E-state index >= 15 is 0 Å². The number of nitrogens with two attached hydrogens (primary N) is 1. The molecule has 0 saturated heterocycles. The molecule has 2 nitrogen and oxygen atoms in total. The van der Waals surface area contributed by atoms with Crippen molar-refractivity contribution in [2.75, 3.05) is 13.7 Å². The number of hydrogen-bond acceptors (Lipinski definition) is 2. The zero-order chi connectivity index (χ0) is 7.82. The maximum atomic E-state index is 5.16. The molecule has 0 rings (SSSR count). The van der Waals surface area contributed by atoms with E-state index in [1.54, 1.807) is 7.11 Å². The molecule has 1 radical (unpaired) electrons. The van der Waals surface area contributed by atoms with Crippen LogP contribution in [-0.4, -0.2) is 26.9 Å². The van der Waals surface area contributed by atoms with Crippen LogP contribution in [0.2, 0.25) is 0 Å². The van der Waals surface area contributed by atoms with Crippen LogP contribution in [0.15, 0.2) is 0 Å². The highest BCUT2D eigenvalue weighted by atomic mass is 16.5. The maximum Gasteiger partial charge on any atom is 0.251 e. The molecule has 55 valence electrons. The van der Waals surface area contributed by atoms with E-state index in [2.05, 4.69) is 18.7 Å². The predicted octanol–water partition coefficient (Wildman–Crippen LogP) is -0.00730. The van der Waals surface area contributed by atoms with Crippen molar-refractivity contribution < 1.29 is 4.74 Å². The zero-order valence-corrected chi connectivity index (χ0v) is 6.55. The predicted molar refractivity (Wildman–Crippen MR) is 43.7 cm³/mol. The van der Waals surface area contributed by atoms with Gasteiger partial charge in [-0.1, -0.05) is 6.92 Å². The molecular formula is C7H13BNO. The van der Waals surface area contributed by atoms with Crippen molar-refractivity contribution in [3.63, 3.8) is 0 Å². The molecule has 0 aliphatic rings. The van der Waals surface area contributed by atoms with Gasteiger partial charge in [0.25, 0.3) is 7.28 Å². The van der Waals surface area contributed by atoms with E-state index in [1.807, 2.05) is 7.28 Å². The SMILES string of the molecule is CC[C@H]([B]C#CCN)OC. The summed E-state index contributed by atoms with van der Waals surface area (Å²) in [6, 6.07) is 0.152. The molecule has 3 heteroatoms. The Morgan fingerprint density at radius 2 is 2.40 bits per heavy atom. The van der Waals surface area contributed by atoms with E-state index in [-0.39, 0.29) is 6.00 Å². The molecule has 0 bridgehead atoms. The van der Waals surface area contributed by atoms with Gasteiger partial charge in [-0.15, -0.1) is 5.92 Å². The van der Waals surface area contributed by atoms with Gasteiger partial charge in [-0.3, -0.25) is 0 Å². The molecule has 0 aliphatic heterocycles. The van der Waals surface area contributed by atoms with Gasteiger partial charge in [0.05, 0.1) is 6.54 Å². The van der Waals surface area contributed by atoms with E-state index in [9.17, 15) is 0 Å². The molecule has 0 aromatic carbocycles. The van der Waals surface area contributed by atoms with Gasteiger partial charge in [0.1, 0.15) is 0 Å². The summed E-state index contributed by atoms with van der Waals surface area (Å²) in [6.45, 7) is 2.46. The molecule has 0 heterocycles. The fraction of sp³-hybridized carbons (Fsp3) is 0.714. The molecule has 2 N–H and O–H groups in total. The first kappa shape index (κ1) is 9.54. The summed E-state index contributed by atoms with van der Waals surface area (Å²) >= 11 is 0. The standard InChI is InChI=1S/C7H13BNO/c1-3-7(10-2)8-5-4-6-9/h7H,3,6,9H2,1-2H3/t7-/m1/s1. The van der Waals surface area contributed by atoms with Crippen molar-refractivity contribution in [1.82, 2.24) is 0 Å². The molecule has 0 amide bonds. The van der Waals surface area contributed by atoms with Crippen molar-refractivity contribution in [2.45, 2.75) is 19.3 Å². The Kier molecular flexibility index (Phi) is 6.36. The maximum absolute atomic E-state index is 5.16. The van der Waals surface area contributed by atoms with Gasteiger partial charge in [0.15, 0.2) is 0 Å². The van der Waals surface area contributed by atoms with Crippen LogP contribution in [-0.2, 0) is 4.74 Å². The lowest BCUT2D eigenvalue weighted by atomic mass is 9.71. The summed E-state index contributed by atoms with van der Waals surface area (Å²) in [5.41, 5.74) is 5.16. The van der Waals surface area contributed by atoms with Crippen molar-refractivity contribution in [2.24, 2.45) is 5.73 Å². The second kappa shape index (κ2) is 6.66. The first-order chi connectivity index (χ1) is 4.85. The van der Waals surface area contributed by atoms with Crippen molar-refractivity contribution >= 4 is 7.28 Å². The first-order valence-electron chi connectivity index (χ1n) is 3.39. The smallest absolute Gasteiger partial charge is 0.251 e. The van der Waals surface area contributed by atoms with Crippen LogP contribution in [0.25, 0.3) is 0 Å². The van der Waals surface area contributed by atoms with Crippen LogP contribution in [0.1, 0.15) is 13.3 Å². The zero-order valence-electron chi connectivity index (χ0n) is 6.55. The topological polar surface area (TPSA) is 35.2 Å². The third-order valence-corrected chi connectivity index (χ3v) is 1.18. The summed E-state index contributed by atoms with van der Waals surface area (Å²) in [5.74, 6) is 5.55. The minimum Gasteiger partial charge on any atom is -0.389 e. The van der Waals surface area contributed by atoms with Crippen LogP contribution in [0.3, 0.4) is 0 Å². The largest absolute Gasteiger partial charge is 0.389 e. The van der Waals surface area contributed by atoms with Gasteiger partial charge in [-0.25, -0.2) is 0 Å². The molecule has 10 heavy (non-hydrogen) atoms. The quantitative estimate of drug-likeness (QED) is 0.439. The number of hydrogen-bond donors (Lipinski definition) is 1. The highest BCUT2D eigenvalue weighted by molar-refractivity contribution is 6.47. The molecule has 0 aliphatic carbocycles. The Balaban J connectivity index is 3.43. The third kappa shape index (κ3) is 4.43. The second-order valence-electron chi connectivity index (χ2n) is 1.87. The lowest BCUT2D eigenvalue weighted by molar-refractivity contribution is 0.162. The summed E-state index contributed by atoms with van der Waals surface area (Å²) in [7, 11) is 3.50. The van der Waals surface area contributed by atoms with Crippen molar-refractivity contribution in [1.29, 1.82) is 0 Å². The Morgan fingerprint density at radius 1 is 1.70 bits per heavy atom. The van der Waals surface area contributed by atoms with E-state index in [0.717, 1.165) is 6.42 Å². The normalized spacial score (nSPS) is 11.5. The highest BCUT2D eigenvalue weighted by Gasteiger charge is 2.01. The lowest BCUT2D eigenvalue weighted by Gasteiger charge is -2.05. The summed E-state index contributed by atoms with van der Waals surface area (Å²) in [5, 5.41) is 0. The molecule has 0 aromatic rings. The van der Waals surface area contributed by atoms with Gasteiger partial charge >= 0.3 is 0 Å². The Hall–Kier alpha value is -0.455. The summed E-state index contributed by atoms with van der Waals surface area (Å²) < 4.78 is 5.05. The molecule has 0 saturated carbocycles. The molecule has 1 atom stereocenters. The van der Waals surface area contributed by atoms with Crippen molar-refractivity contribution in [3.05, 3.63) is 0 Å². The van der Waals surface area contributed by atoms with Gasteiger partial charge in [0.2, 0.25) is 0 Å². The van der Waals surface area contributed by atoms with Crippen LogP contribution in [0.5, 0.6) is 0 Å². The molecule has 0 spiro atoms. The van der Waals surface area contributed by atoms with E-state index in [1.165, 1.54) is 0 Å². The minimum absolute atomic E-state index is 0.152.